The summed E-state index contributed by atoms with van der Waals surface area (Å²) in [6, 6.07) is 3.96. The lowest BCUT2D eigenvalue weighted by Gasteiger charge is -2.57. The van der Waals surface area contributed by atoms with E-state index in [1.807, 2.05) is 17.0 Å². The van der Waals surface area contributed by atoms with Gasteiger partial charge in [-0.15, -0.1) is 0 Å². The second kappa shape index (κ2) is 8.82. The van der Waals surface area contributed by atoms with Crippen molar-refractivity contribution in [3.63, 3.8) is 0 Å². The number of likely N-dealkylation sites (tertiary alicyclic amines) is 1. The molecule has 31 heavy (non-hydrogen) atoms. The van der Waals surface area contributed by atoms with E-state index in [9.17, 15) is 4.79 Å². The van der Waals surface area contributed by atoms with Gasteiger partial charge in [-0.3, -0.25) is 4.79 Å². The van der Waals surface area contributed by atoms with E-state index in [0.29, 0.717) is 22.1 Å². The van der Waals surface area contributed by atoms with Crippen LogP contribution in [0, 0.1) is 17.8 Å². The summed E-state index contributed by atoms with van der Waals surface area (Å²) in [7, 11) is 1.63. The van der Waals surface area contributed by atoms with Crippen LogP contribution in [0.2, 0.25) is 5.02 Å². The van der Waals surface area contributed by atoms with Crippen LogP contribution in [0.1, 0.15) is 63.4 Å². The monoisotopic (exact) mass is 446 g/mol. The predicted octanol–water partition coefficient (Wildman–Crippen LogP) is 4.80. The van der Waals surface area contributed by atoms with Gasteiger partial charge in [0, 0.05) is 25.2 Å². The number of halogens is 1. The molecule has 0 unspecified atom stereocenters. The van der Waals surface area contributed by atoms with Crippen molar-refractivity contribution in [2.75, 3.05) is 26.8 Å². The number of carbonyl (C=O) groups is 1. The summed E-state index contributed by atoms with van der Waals surface area (Å²) in [6.45, 7) is 2.43. The molecule has 6 rings (SSSR count). The minimum absolute atomic E-state index is 0.000946. The van der Waals surface area contributed by atoms with Gasteiger partial charge >= 0.3 is 0 Å². The summed E-state index contributed by atoms with van der Waals surface area (Å²) in [4.78, 5) is 14.3. The third-order valence-corrected chi connectivity index (χ3v) is 8.32. The van der Waals surface area contributed by atoms with Gasteiger partial charge in [-0.2, -0.15) is 0 Å². The molecule has 1 N–H and O–H groups in total. The Bertz CT molecular complexity index is 786. The summed E-state index contributed by atoms with van der Waals surface area (Å²) < 4.78 is 11.4. The fourth-order valence-electron chi connectivity index (χ4n) is 7.00. The molecule has 0 spiro atoms. The molecular formula is C25H35ClN2O3. The van der Waals surface area contributed by atoms with Gasteiger partial charge < -0.3 is 19.7 Å². The number of hydrogen-bond donors (Lipinski definition) is 1. The van der Waals surface area contributed by atoms with Gasteiger partial charge in [0.05, 0.1) is 12.1 Å². The van der Waals surface area contributed by atoms with Crippen molar-refractivity contribution in [2.24, 2.45) is 17.8 Å². The number of nitrogens with one attached hydrogen (secondary N) is 1. The van der Waals surface area contributed by atoms with Gasteiger partial charge in [-0.1, -0.05) is 11.6 Å². The van der Waals surface area contributed by atoms with Gasteiger partial charge in [-0.05, 0) is 93.2 Å². The molecular weight excluding hydrogens is 412 g/mol. The van der Waals surface area contributed by atoms with E-state index >= 15 is 0 Å². The molecule has 0 radical (unpaired) electrons. The molecule has 5 nitrogen and oxygen atoms in total. The Kier molecular flexibility index (Phi) is 6.09. The van der Waals surface area contributed by atoms with Crippen molar-refractivity contribution in [1.29, 1.82) is 0 Å². The van der Waals surface area contributed by atoms with E-state index in [1.165, 1.54) is 44.9 Å². The maximum absolute atomic E-state index is 12.5. The highest BCUT2D eigenvalue weighted by Crippen LogP contribution is 2.55. The van der Waals surface area contributed by atoms with E-state index in [0.717, 1.165) is 55.8 Å². The van der Waals surface area contributed by atoms with Crippen LogP contribution in [-0.2, 0) is 11.3 Å². The van der Waals surface area contributed by atoms with Crippen LogP contribution >= 0.6 is 11.6 Å². The highest BCUT2D eigenvalue weighted by Gasteiger charge is 2.50. The minimum atomic E-state index is 0.000946. The van der Waals surface area contributed by atoms with Crippen LogP contribution in [0.3, 0.4) is 0 Å². The molecule has 5 aliphatic rings. The van der Waals surface area contributed by atoms with Gasteiger partial charge in [0.15, 0.2) is 18.1 Å². The number of methoxy groups -OCH3 is 1. The zero-order valence-electron chi connectivity index (χ0n) is 18.6. The number of carbonyl (C=O) groups excluding carboxylic acids is 1. The second-order valence-electron chi connectivity index (χ2n) is 10.4. The smallest absolute Gasteiger partial charge is 0.260 e. The zero-order chi connectivity index (χ0) is 21.4. The van der Waals surface area contributed by atoms with Crippen molar-refractivity contribution < 1.29 is 14.3 Å². The predicted molar refractivity (Wildman–Crippen MR) is 122 cm³/mol. The van der Waals surface area contributed by atoms with E-state index in [-0.39, 0.29) is 12.5 Å². The normalized spacial score (nSPS) is 31.7. The Labute approximate surface area is 190 Å². The first kappa shape index (κ1) is 21.4. The fraction of sp³-hybridized carbons (Fsp3) is 0.720. The van der Waals surface area contributed by atoms with Crippen molar-refractivity contribution >= 4 is 17.5 Å². The molecule has 4 bridgehead atoms. The second-order valence-corrected chi connectivity index (χ2v) is 10.8. The molecule has 1 aliphatic heterocycles. The van der Waals surface area contributed by atoms with Crippen LogP contribution in [-0.4, -0.2) is 43.2 Å². The topological polar surface area (TPSA) is 50.8 Å². The summed E-state index contributed by atoms with van der Waals surface area (Å²) in [5.74, 6) is 3.85. The average Bonchev–Trinajstić information content (AvgIpc) is 2.76. The lowest BCUT2D eigenvalue weighted by atomic mass is 9.53. The fourth-order valence-corrected chi connectivity index (χ4v) is 7.29. The van der Waals surface area contributed by atoms with E-state index < -0.39 is 0 Å². The van der Waals surface area contributed by atoms with Crippen molar-refractivity contribution in [3.05, 3.63) is 22.7 Å². The number of nitrogens with zero attached hydrogens (tertiary/aromatic N) is 1. The molecule has 1 saturated heterocycles. The quantitative estimate of drug-likeness (QED) is 0.653. The third-order valence-electron chi connectivity index (χ3n) is 8.04. The molecule has 0 aromatic heterocycles. The van der Waals surface area contributed by atoms with E-state index in [4.69, 9.17) is 21.1 Å². The first-order chi connectivity index (χ1) is 15.0. The minimum Gasteiger partial charge on any atom is -0.493 e. The Morgan fingerprint density at radius 3 is 2.35 bits per heavy atom. The van der Waals surface area contributed by atoms with Gasteiger partial charge in [0.25, 0.3) is 5.91 Å². The van der Waals surface area contributed by atoms with Crippen molar-refractivity contribution in [1.82, 2.24) is 10.2 Å². The van der Waals surface area contributed by atoms with Crippen LogP contribution in [0.5, 0.6) is 11.5 Å². The number of amides is 1. The van der Waals surface area contributed by atoms with Gasteiger partial charge in [0.1, 0.15) is 0 Å². The highest BCUT2D eigenvalue weighted by atomic mass is 35.5. The molecule has 1 amide bonds. The molecule has 170 valence electrons. The lowest BCUT2D eigenvalue weighted by molar-refractivity contribution is -0.134. The first-order valence-corrected chi connectivity index (χ1v) is 12.4. The highest BCUT2D eigenvalue weighted by molar-refractivity contribution is 6.32. The van der Waals surface area contributed by atoms with Crippen molar-refractivity contribution in [3.8, 4) is 11.5 Å². The number of rotatable bonds is 7. The SMILES string of the molecule is COc1cc(CNC23CC4CC(CC(C4)C2)C3)cc(Cl)c1OCC(=O)N1CCCCC1. The standard InChI is InChI=1S/C25H35ClN2O3/c1-30-22-11-20(15-27-25-12-17-7-18(13-25)9-19(8-17)14-25)10-21(26)24(22)31-16-23(29)28-5-3-2-4-6-28/h10-11,17-19,27H,2-9,12-16H2,1H3. The molecule has 6 heteroatoms. The maximum atomic E-state index is 12.5. The molecule has 1 heterocycles. The van der Waals surface area contributed by atoms with Crippen LogP contribution in [0.25, 0.3) is 0 Å². The number of benzene rings is 1. The lowest BCUT2D eigenvalue weighted by Crippen LogP contribution is -2.58. The third kappa shape index (κ3) is 4.54. The number of ether oxygens (including phenoxy) is 2. The Balaban J connectivity index is 1.23. The molecule has 1 aromatic rings. The zero-order valence-corrected chi connectivity index (χ0v) is 19.4. The molecule has 5 fully saturated rings. The Morgan fingerprint density at radius 1 is 1.10 bits per heavy atom. The summed E-state index contributed by atoms with van der Waals surface area (Å²) >= 11 is 6.58. The van der Waals surface area contributed by atoms with Crippen LogP contribution < -0.4 is 14.8 Å². The Hall–Kier alpha value is -1.46. The van der Waals surface area contributed by atoms with E-state index in [1.54, 1.807) is 7.11 Å². The molecule has 0 atom stereocenters. The summed E-state index contributed by atoms with van der Waals surface area (Å²) in [5.41, 5.74) is 1.41. The molecule has 1 aromatic carbocycles. The first-order valence-electron chi connectivity index (χ1n) is 12.1. The van der Waals surface area contributed by atoms with Gasteiger partial charge in [0.2, 0.25) is 0 Å². The molecule has 4 saturated carbocycles. The van der Waals surface area contributed by atoms with Crippen LogP contribution in [0.4, 0.5) is 0 Å². The van der Waals surface area contributed by atoms with Crippen LogP contribution in [0.15, 0.2) is 12.1 Å². The summed E-state index contributed by atoms with van der Waals surface area (Å²) in [5, 5.41) is 4.43. The average molecular weight is 447 g/mol. The van der Waals surface area contributed by atoms with Crippen molar-refractivity contribution in [2.45, 2.75) is 69.9 Å². The number of hydrogen-bond acceptors (Lipinski definition) is 4. The largest absolute Gasteiger partial charge is 0.493 e. The summed E-state index contributed by atoms with van der Waals surface area (Å²) in [6.07, 6.45) is 11.6. The maximum Gasteiger partial charge on any atom is 0.260 e. The Morgan fingerprint density at radius 2 is 1.74 bits per heavy atom. The van der Waals surface area contributed by atoms with E-state index in [2.05, 4.69) is 5.32 Å². The number of piperidine rings is 1. The molecule has 4 aliphatic carbocycles. The van der Waals surface area contributed by atoms with Gasteiger partial charge in [-0.25, -0.2) is 0 Å².